The van der Waals surface area contributed by atoms with E-state index in [1.54, 1.807) is 22.3 Å². The SMILES string of the molecule is CC1=Cc2c(-c3cccc4ccccc34)cccc2[CH]1[Zr](=[SiH2])([CH]1C(C)=Cc2c(-c3cccc4ccccc34)cccc21)([Si](C)(C)C)[Si](C)(C)C.Cl.Cl. The quantitative estimate of drug-likeness (QED) is 0.147. The first-order valence-corrected chi connectivity index (χ1v) is 41.5. The van der Waals surface area contributed by atoms with Crippen molar-refractivity contribution in [1.82, 2.24) is 0 Å². The van der Waals surface area contributed by atoms with Gasteiger partial charge in [0, 0.05) is 0 Å². The summed E-state index contributed by atoms with van der Waals surface area (Å²) in [6.45, 7) is 24.5. The van der Waals surface area contributed by atoms with Crippen LogP contribution in [0, 0.1) is 0 Å². The summed E-state index contributed by atoms with van der Waals surface area (Å²) >= 11 is -4.09. The van der Waals surface area contributed by atoms with Gasteiger partial charge >= 0.3 is 304 Å². The van der Waals surface area contributed by atoms with E-state index < -0.39 is 26.1 Å². The average Bonchev–Trinajstić information content (AvgIpc) is 3.62. The van der Waals surface area contributed by atoms with Gasteiger partial charge in [0.25, 0.3) is 0 Å². The van der Waals surface area contributed by atoms with E-state index in [4.69, 9.17) is 0 Å². The molecular weight excluding hydrogens is 799 g/mol. The van der Waals surface area contributed by atoms with Crippen molar-refractivity contribution in [2.24, 2.45) is 0 Å². The summed E-state index contributed by atoms with van der Waals surface area (Å²) in [6.07, 6.45) is 5.28. The second-order valence-corrected chi connectivity index (χ2v) is 93.7. The molecule has 0 N–H and O–H groups in total. The van der Waals surface area contributed by atoms with E-state index in [-0.39, 0.29) is 24.8 Å². The van der Waals surface area contributed by atoms with Gasteiger partial charge in [-0.25, -0.2) is 0 Å². The number of fused-ring (bicyclic) bond motifs is 4. The molecule has 6 heteroatoms. The maximum atomic E-state index is 2.79. The average molecular weight is 851 g/mol. The van der Waals surface area contributed by atoms with E-state index >= 15 is 0 Å². The summed E-state index contributed by atoms with van der Waals surface area (Å²) in [6, 6.07) is 46.2. The number of rotatable bonds is 6. The topological polar surface area (TPSA) is 0 Å². The van der Waals surface area contributed by atoms with Crippen molar-refractivity contribution in [2.75, 3.05) is 0 Å². The summed E-state index contributed by atoms with van der Waals surface area (Å²) in [5, 5.41) is 1.67. The monoisotopic (exact) mass is 848 g/mol. The molecule has 0 bridgehead atoms. The van der Waals surface area contributed by atoms with E-state index in [9.17, 15) is 0 Å². The van der Waals surface area contributed by atoms with E-state index in [2.05, 4.69) is 193 Å². The molecule has 0 radical (unpaired) electrons. The number of hydrogen-bond acceptors (Lipinski definition) is 0. The van der Waals surface area contributed by atoms with Gasteiger partial charge in [-0.05, 0) is 0 Å². The van der Waals surface area contributed by atoms with Crippen LogP contribution in [0.25, 0.3) is 56.0 Å². The zero-order chi connectivity index (χ0) is 35.2. The molecule has 0 nitrogen and oxygen atoms in total. The first-order chi connectivity index (χ1) is 23.8. The Morgan fingerprint density at radius 1 is 0.442 bits per heavy atom. The number of hydrogen-bond donors (Lipinski definition) is 0. The molecule has 6 aromatic carbocycles. The van der Waals surface area contributed by atoms with Crippen molar-refractivity contribution in [1.29, 1.82) is 0 Å². The second-order valence-electron chi connectivity index (χ2n) is 17.4. The Kier molecular flexibility index (Phi) is 10.3. The zero-order valence-electron chi connectivity index (χ0n) is 31.9. The van der Waals surface area contributed by atoms with Crippen molar-refractivity contribution >= 4 is 75.8 Å². The Hall–Kier alpha value is -2.57. The van der Waals surface area contributed by atoms with Crippen LogP contribution in [-0.4, -0.2) is 17.3 Å². The van der Waals surface area contributed by atoms with Crippen molar-refractivity contribution in [3.63, 3.8) is 0 Å². The first kappa shape index (κ1) is 39.1. The maximum absolute atomic E-state index is 4.09. The van der Waals surface area contributed by atoms with Gasteiger partial charge in [0.15, 0.2) is 0 Å². The minimum absolute atomic E-state index is 0. The van der Waals surface area contributed by atoms with Gasteiger partial charge < -0.3 is 0 Å². The molecule has 2 aliphatic rings. The molecule has 0 aliphatic heterocycles. The molecule has 2 aliphatic carbocycles. The Morgan fingerprint density at radius 3 is 1.15 bits per heavy atom. The van der Waals surface area contributed by atoms with Gasteiger partial charge in [-0.2, -0.15) is 0 Å². The van der Waals surface area contributed by atoms with Crippen LogP contribution < -0.4 is 0 Å². The molecule has 266 valence electrons. The van der Waals surface area contributed by atoms with Crippen LogP contribution >= 0.6 is 24.8 Å². The van der Waals surface area contributed by atoms with Crippen LogP contribution in [0.2, 0.25) is 39.3 Å². The summed E-state index contributed by atoms with van der Waals surface area (Å²) in [7, 11) is 0. The maximum Gasteiger partial charge on any atom is -0.147 e. The Balaban J connectivity index is 0.00000232. The van der Waals surface area contributed by atoms with Crippen LogP contribution in [0.1, 0.15) is 43.4 Å². The molecule has 6 aromatic rings. The molecule has 0 saturated carbocycles. The zero-order valence-corrected chi connectivity index (χ0v) is 39.4. The minimum Gasteiger partial charge on any atom is -0.147 e. The summed E-state index contributed by atoms with van der Waals surface area (Å²) in [5.74, 6) is 0. The Morgan fingerprint density at radius 2 is 0.769 bits per heavy atom. The Labute approximate surface area is 326 Å². The van der Waals surface area contributed by atoms with E-state index in [1.165, 1.54) is 54.9 Å². The van der Waals surface area contributed by atoms with Crippen molar-refractivity contribution in [3.8, 4) is 22.3 Å². The molecule has 0 aromatic heterocycles. The first-order valence-electron chi connectivity index (χ1n) is 18.4. The van der Waals surface area contributed by atoms with E-state index in [0.29, 0.717) is 7.25 Å². The normalized spacial score (nSPS) is 17.2. The third-order valence-electron chi connectivity index (χ3n) is 13.6. The molecule has 2 unspecified atom stereocenters. The van der Waals surface area contributed by atoms with Crippen LogP contribution in [0.5, 0.6) is 0 Å². The molecule has 0 heterocycles. The molecule has 0 spiro atoms. The molecule has 8 rings (SSSR count). The van der Waals surface area contributed by atoms with Crippen molar-refractivity contribution in [3.05, 3.63) is 155 Å². The third kappa shape index (κ3) is 5.26. The van der Waals surface area contributed by atoms with Crippen LogP contribution in [0.3, 0.4) is 0 Å². The number of allylic oxidation sites excluding steroid dienone is 2. The van der Waals surface area contributed by atoms with Gasteiger partial charge in [-0.3, -0.25) is 0 Å². The molecule has 0 saturated heterocycles. The predicted molar refractivity (Wildman–Crippen MR) is 241 cm³/mol. The summed E-state index contributed by atoms with van der Waals surface area (Å²) in [4.78, 5) is 0. The van der Waals surface area contributed by atoms with Gasteiger partial charge in [0.2, 0.25) is 0 Å². The molecular formula is C46H52Cl2Si3Zr. The van der Waals surface area contributed by atoms with Gasteiger partial charge in [0.05, 0.1) is 0 Å². The third-order valence-corrected chi connectivity index (χ3v) is 159. The van der Waals surface area contributed by atoms with Crippen LogP contribution in [-0.2, 0) is 15.7 Å². The fourth-order valence-corrected chi connectivity index (χ4v) is 126. The summed E-state index contributed by atoms with van der Waals surface area (Å²) < 4.78 is 1.08. The van der Waals surface area contributed by atoms with E-state index in [1.807, 2.05) is 0 Å². The predicted octanol–water partition coefficient (Wildman–Crippen LogP) is 13.7. The molecule has 0 amide bonds. The Bertz CT molecular complexity index is 2330. The fraction of sp³-hybridized carbons (Fsp3) is 0.217. The smallest absolute Gasteiger partial charge is 0.147 e. The standard InChI is InChI=1S/2C20H15.2C3H9Si.2ClH.H2Si.Zr/c2*1-14-12-16-8-5-11-19(20(16)13-14)18-10-4-7-15-6-2-3-9-17(15)18;2*1-4(2)3;;;;/h2*2-13H,1H3;2*1-3H3;2*1H;1H2;. The number of halogens is 2. The molecule has 52 heavy (non-hydrogen) atoms. The van der Waals surface area contributed by atoms with Gasteiger partial charge in [-0.15, -0.1) is 24.8 Å². The van der Waals surface area contributed by atoms with Crippen molar-refractivity contribution in [2.45, 2.75) is 60.4 Å². The van der Waals surface area contributed by atoms with Gasteiger partial charge in [0.1, 0.15) is 0 Å². The minimum atomic E-state index is -4.09. The van der Waals surface area contributed by atoms with Crippen molar-refractivity contribution < 1.29 is 15.7 Å². The molecule has 2 atom stereocenters. The largest absolute Gasteiger partial charge is 0.147 e. The summed E-state index contributed by atoms with van der Waals surface area (Å²) in [5.41, 5.74) is 15.0. The van der Waals surface area contributed by atoms with Crippen LogP contribution in [0.15, 0.2) is 132 Å². The fourth-order valence-electron chi connectivity index (χ4n) is 11.3. The van der Waals surface area contributed by atoms with Crippen LogP contribution in [0.4, 0.5) is 0 Å². The second kappa shape index (κ2) is 13.6. The van der Waals surface area contributed by atoms with Gasteiger partial charge in [-0.1, -0.05) is 0 Å². The number of benzene rings is 6. The van der Waals surface area contributed by atoms with E-state index in [0.717, 1.165) is 0 Å². The molecule has 0 fully saturated rings.